The molecule has 0 unspecified atom stereocenters. The molecule has 3 heterocycles. The van der Waals surface area contributed by atoms with Gasteiger partial charge in [0.15, 0.2) is 5.82 Å². The molecule has 2 aromatic heterocycles. The van der Waals surface area contributed by atoms with E-state index in [1.165, 1.54) is 13.2 Å². The fraction of sp³-hybridized carbons (Fsp3) is 0.588. The van der Waals surface area contributed by atoms with E-state index < -0.39 is 11.2 Å². The van der Waals surface area contributed by atoms with Crippen LogP contribution < -0.4 is 11.2 Å². The number of carbonyl (C=O) groups excluding carboxylic acids is 1. The Morgan fingerprint density at radius 2 is 2.15 bits per heavy atom. The van der Waals surface area contributed by atoms with Crippen LogP contribution in [0, 0.1) is 5.92 Å². The van der Waals surface area contributed by atoms with Crippen molar-refractivity contribution in [2.75, 3.05) is 13.1 Å². The summed E-state index contributed by atoms with van der Waals surface area (Å²) in [7, 11) is 1.35. The molecule has 0 radical (unpaired) electrons. The van der Waals surface area contributed by atoms with E-state index >= 15 is 0 Å². The lowest BCUT2D eigenvalue weighted by atomic mass is 9.94. The van der Waals surface area contributed by atoms with Crippen molar-refractivity contribution >= 4 is 5.91 Å². The van der Waals surface area contributed by atoms with Crippen LogP contribution in [0.25, 0.3) is 0 Å². The highest BCUT2D eigenvalue weighted by Gasteiger charge is 2.31. The molecular formula is C17H21N5O4. The first-order chi connectivity index (χ1) is 12.5. The van der Waals surface area contributed by atoms with Gasteiger partial charge < -0.3 is 14.4 Å². The third-order valence-corrected chi connectivity index (χ3v) is 5.11. The Morgan fingerprint density at radius 3 is 2.92 bits per heavy atom. The lowest BCUT2D eigenvalue weighted by Crippen LogP contribution is -2.44. The summed E-state index contributed by atoms with van der Waals surface area (Å²) in [5.41, 5.74) is -1.13. The topological polar surface area (TPSA) is 114 Å². The monoisotopic (exact) mass is 359 g/mol. The third kappa shape index (κ3) is 3.21. The molecule has 9 heteroatoms. The van der Waals surface area contributed by atoms with Crippen LogP contribution in [0.1, 0.15) is 53.7 Å². The molecule has 138 valence electrons. The van der Waals surface area contributed by atoms with Crippen LogP contribution >= 0.6 is 0 Å². The molecule has 1 saturated heterocycles. The van der Waals surface area contributed by atoms with Crippen molar-refractivity contribution in [1.29, 1.82) is 0 Å². The predicted octanol–water partition coefficient (Wildman–Crippen LogP) is 0.429. The number of hydrogen-bond donors (Lipinski definition) is 1. The lowest BCUT2D eigenvalue weighted by molar-refractivity contribution is 0.0665. The number of hydrogen-bond acceptors (Lipinski definition) is 6. The van der Waals surface area contributed by atoms with Crippen molar-refractivity contribution in [2.24, 2.45) is 13.0 Å². The highest BCUT2D eigenvalue weighted by atomic mass is 16.5. The zero-order chi connectivity index (χ0) is 18.3. The number of H-pyrrole nitrogens is 1. The Bertz CT molecular complexity index is 939. The molecule has 2 aliphatic rings. The molecule has 1 aliphatic heterocycles. The minimum Gasteiger partial charge on any atom is -0.339 e. The zero-order valence-electron chi connectivity index (χ0n) is 14.6. The minimum atomic E-state index is -0.577. The smallest absolute Gasteiger partial charge is 0.328 e. The maximum Gasteiger partial charge on any atom is 0.328 e. The second-order valence-electron chi connectivity index (χ2n) is 7.16. The standard InChI is InChI=1S/C17H21N5O4/c1-21-15(23)12(8-18-17(21)25)16(24)22-6-2-3-10(9-22)7-13-19-14(20-26-13)11-4-5-11/h8,10-11H,2-7,9H2,1H3,(H,18,25)/t10-/m1/s1. The van der Waals surface area contributed by atoms with Crippen LogP contribution in [-0.2, 0) is 13.5 Å². The molecule has 4 rings (SSSR count). The third-order valence-electron chi connectivity index (χ3n) is 5.11. The van der Waals surface area contributed by atoms with Crippen LogP contribution in [0.3, 0.4) is 0 Å². The van der Waals surface area contributed by atoms with Gasteiger partial charge in [-0.1, -0.05) is 5.16 Å². The fourth-order valence-corrected chi connectivity index (χ4v) is 3.41. The zero-order valence-corrected chi connectivity index (χ0v) is 14.6. The number of amides is 1. The van der Waals surface area contributed by atoms with E-state index in [4.69, 9.17) is 4.52 Å². The summed E-state index contributed by atoms with van der Waals surface area (Å²) in [4.78, 5) is 44.9. The van der Waals surface area contributed by atoms with Crippen molar-refractivity contribution < 1.29 is 9.32 Å². The highest BCUT2D eigenvalue weighted by molar-refractivity contribution is 5.93. The van der Waals surface area contributed by atoms with Gasteiger partial charge in [-0.2, -0.15) is 4.98 Å². The molecule has 0 aromatic carbocycles. The van der Waals surface area contributed by atoms with Gasteiger partial charge in [0.25, 0.3) is 11.5 Å². The average Bonchev–Trinajstić information content (AvgIpc) is 3.39. The van der Waals surface area contributed by atoms with Crippen molar-refractivity contribution in [3.8, 4) is 0 Å². The summed E-state index contributed by atoms with van der Waals surface area (Å²) in [5.74, 6) is 1.72. The van der Waals surface area contributed by atoms with E-state index in [9.17, 15) is 14.4 Å². The van der Waals surface area contributed by atoms with E-state index in [2.05, 4.69) is 15.1 Å². The summed E-state index contributed by atoms with van der Waals surface area (Å²) >= 11 is 0. The van der Waals surface area contributed by atoms with Gasteiger partial charge in [0.2, 0.25) is 5.89 Å². The number of piperidine rings is 1. The summed E-state index contributed by atoms with van der Waals surface area (Å²) in [6, 6.07) is 0. The molecule has 26 heavy (non-hydrogen) atoms. The number of likely N-dealkylation sites (tertiary alicyclic amines) is 1. The Kier molecular flexibility index (Phi) is 4.21. The molecule has 1 aliphatic carbocycles. The predicted molar refractivity (Wildman–Crippen MR) is 90.9 cm³/mol. The van der Waals surface area contributed by atoms with Gasteiger partial charge in [-0.25, -0.2) is 4.79 Å². The summed E-state index contributed by atoms with van der Waals surface area (Å²) < 4.78 is 6.25. The summed E-state index contributed by atoms with van der Waals surface area (Å²) in [6.45, 7) is 1.12. The van der Waals surface area contributed by atoms with E-state index in [1.807, 2.05) is 0 Å². The maximum atomic E-state index is 12.7. The van der Waals surface area contributed by atoms with E-state index in [1.54, 1.807) is 4.90 Å². The Balaban J connectivity index is 1.45. The first-order valence-electron chi connectivity index (χ1n) is 8.93. The van der Waals surface area contributed by atoms with Crippen molar-refractivity contribution in [3.05, 3.63) is 44.3 Å². The van der Waals surface area contributed by atoms with Crippen LogP contribution in [-0.4, -0.2) is 43.6 Å². The second-order valence-corrected chi connectivity index (χ2v) is 7.16. The Hall–Kier alpha value is -2.71. The summed E-state index contributed by atoms with van der Waals surface area (Å²) in [6.07, 6.45) is 5.90. The van der Waals surface area contributed by atoms with Gasteiger partial charge in [-0.15, -0.1) is 0 Å². The fourth-order valence-electron chi connectivity index (χ4n) is 3.41. The number of aromatic nitrogens is 4. The number of carbonyl (C=O) groups is 1. The first-order valence-corrected chi connectivity index (χ1v) is 8.93. The van der Waals surface area contributed by atoms with E-state index in [0.29, 0.717) is 31.3 Å². The maximum absolute atomic E-state index is 12.7. The molecule has 1 saturated carbocycles. The van der Waals surface area contributed by atoms with Crippen molar-refractivity contribution in [3.63, 3.8) is 0 Å². The van der Waals surface area contributed by atoms with Crippen LogP contribution in [0.15, 0.2) is 20.3 Å². The van der Waals surface area contributed by atoms with Gasteiger partial charge in [-0.3, -0.25) is 14.2 Å². The molecule has 9 nitrogen and oxygen atoms in total. The molecule has 1 N–H and O–H groups in total. The van der Waals surface area contributed by atoms with E-state index in [0.717, 1.165) is 36.1 Å². The number of rotatable bonds is 4. The lowest BCUT2D eigenvalue weighted by Gasteiger charge is -2.32. The van der Waals surface area contributed by atoms with Crippen molar-refractivity contribution in [1.82, 2.24) is 24.6 Å². The molecule has 0 spiro atoms. The molecule has 2 aromatic rings. The molecule has 2 fully saturated rings. The Labute approximate surface area is 149 Å². The highest BCUT2D eigenvalue weighted by Crippen LogP contribution is 2.38. The number of aromatic amines is 1. The number of nitrogens with zero attached hydrogens (tertiary/aromatic N) is 4. The normalized spacial score (nSPS) is 20.3. The van der Waals surface area contributed by atoms with Crippen molar-refractivity contribution in [2.45, 2.75) is 38.0 Å². The van der Waals surface area contributed by atoms with Gasteiger partial charge in [0.05, 0.1) is 0 Å². The van der Waals surface area contributed by atoms with Crippen LogP contribution in [0.5, 0.6) is 0 Å². The van der Waals surface area contributed by atoms with Gasteiger partial charge in [-0.05, 0) is 31.6 Å². The molecule has 1 amide bonds. The SMILES string of the molecule is Cn1c(=O)[nH]cc(C(=O)N2CCC[C@H](Cc3nc(C4CC4)no3)C2)c1=O. The van der Waals surface area contributed by atoms with Gasteiger partial charge in [0.1, 0.15) is 5.56 Å². The second kappa shape index (κ2) is 6.54. The first kappa shape index (κ1) is 16.7. The molecular weight excluding hydrogens is 338 g/mol. The van der Waals surface area contributed by atoms with Gasteiger partial charge >= 0.3 is 5.69 Å². The molecule has 1 atom stereocenters. The Morgan fingerprint density at radius 1 is 1.35 bits per heavy atom. The van der Waals surface area contributed by atoms with Crippen LogP contribution in [0.4, 0.5) is 0 Å². The summed E-state index contributed by atoms with van der Waals surface area (Å²) in [5, 5.41) is 4.03. The number of nitrogens with one attached hydrogen (secondary N) is 1. The van der Waals surface area contributed by atoms with E-state index in [-0.39, 0.29) is 17.4 Å². The average molecular weight is 359 g/mol. The minimum absolute atomic E-state index is 0.0124. The molecule has 0 bridgehead atoms. The van der Waals surface area contributed by atoms with Crippen LogP contribution in [0.2, 0.25) is 0 Å². The van der Waals surface area contributed by atoms with Gasteiger partial charge in [0, 0.05) is 38.7 Å². The quantitative estimate of drug-likeness (QED) is 0.847. The largest absolute Gasteiger partial charge is 0.339 e.